The van der Waals surface area contributed by atoms with Gasteiger partial charge >= 0.3 is 5.97 Å². The number of rotatable bonds is 6. The van der Waals surface area contributed by atoms with Crippen molar-refractivity contribution in [3.05, 3.63) is 12.2 Å². The maximum atomic E-state index is 11.2. The Labute approximate surface area is 129 Å². The molecule has 1 aliphatic rings. The van der Waals surface area contributed by atoms with Crippen LogP contribution >= 0.6 is 0 Å². The Morgan fingerprint density at radius 3 is 2.24 bits per heavy atom. The lowest BCUT2D eigenvalue weighted by Crippen LogP contribution is -2.58. The lowest BCUT2D eigenvalue weighted by molar-refractivity contribution is -0.269. The molecule has 0 saturated carbocycles. The second-order valence-electron chi connectivity index (χ2n) is 7.57. The van der Waals surface area contributed by atoms with E-state index in [1.54, 1.807) is 6.92 Å². The predicted molar refractivity (Wildman–Crippen MR) is 84.7 cm³/mol. The summed E-state index contributed by atoms with van der Waals surface area (Å²) < 4.78 is 0. The van der Waals surface area contributed by atoms with Crippen LogP contribution in [0.15, 0.2) is 12.2 Å². The fraction of sp³-hybridized carbons (Fsp3) is 0.824. The molecule has 4 nitrogen and oxygen atoms in total. The number of carbonyl (C=O) groups is 1. The summed E-state index contributed by atoms with van der Waals surface area (Å²) in [5, 5.41) is 0. The summed E-state index contributed by atoms with van der Waals surface area (Å²) >= 11 is 0. The molecule has 0 unspecified atom stereocenters. The number of likely N-dealkylation sites (tertiary alicyclic amines) is 1. The Balaban J connectivity index is 2.33. The second kappa shape index (κ2) is 6.93. The van der Waals surface area contributed by atoms with E-state index in [4.69, 9.17) is 4.89 Å². The first kappa shape index (κ1) is 18.2. The van der Waals surface area contributed by atoms with E-state index in [-0.39, 0.29) is 11.1 Å². The number of hydrogen-bond donors (Lipinski definition) is 0. The van der Waals surface area contributed by atoms with E-state index >= 15 is 0 Å². The highest BCUT2D eigenvalue weighted by atomic mass is 17.2. The van der Waals surface area contributed by atoms with Crippen molar-refractivity contribution in [3.63, 3.8) is 0 Å². The quantitative estimate of drug-likeness (QED) is 0.324. The summed E-state index contributed by atoms with van der Waals surface area (Å²) in [6, 6.07) is 0. The number of carbonyl (C=O) groups excluding carboxylic acids is 1. The van der Waals surface area contributed by atoms with Gasteiger partial charge in [-0.25, -0.2) is 4.79 Å². The molecule has 21 heavy (non-hydrogen) atoms. The van der Waals surface area contributed by atoms with E-state index < -0.39 is 5.97 Å². The molecule has 122 valence electrons. The second-order valence-corrected chi connectivity index (χ2v) is 7.57. The van der Waals surface area contributed by atoms with Gasteiger partial charge in [0.1, 0.15) is 0 Å². The van der Waals surface area contributed by atoms with Gasteiger partial charge in [0.15, 0.2) is 0 Å². The van der Waals surface area contributed by atoms with Crippen LogP contribution in [0, 0.1) is 5.92 Å². The molecule has 0 aliphatic carbocycles. The lowest BCUT2D eigenvalue weighted by Gasteiger charge is -2.54. The molecule has 1 rings (SSSR count). The van der Waals surface area contributed by atoms with Gasteiger partial charge in [-0.1, -0.05) is 6.58 Å². The van der Waals surface area contributed by atoms with E-state index in [1.165, 1.54) is 12.8 Å². The topological polar surface area (TPSA) is 38.8 Å². The number of nitrogens with zero attached hydrogens (tertiary/aromatic N) is 1. The van der Waals surface area contributed by atoms with Crippen LogP contribution in [0.5, 0.6) is 0 Å². The summed E-state index contributed by atoms with van der Waals surface area (Å²) in [6.45, 7) is 14.8. The Morgan fingerprint density at radius 1 is 1.24 bits per heavy atom. The van der Waals surface area contributed by atoms with Crippen LogP contribution in [0.25, 0.3) is 0 Å². The first-order valence-corrected chi connectivity index (χ1v) is 7.79. The van der Waals surface area contributed by atoms with Gasteiger partial charge in [-0.2, -0.15) is 4.89 Å². The molecule has 0 N–H and O–H groups in total. The monoisotopic (exact) mass is 297 g/mol. The zero-order valence-corrected chi connectivity index (χ0v) is 14.5. The zero-order chi connectivity index (χ0) is 16.3. The first-order valence-electron chi connectivity index (χ1n) is 7.79. The van der Waals surface area contributed by atoms with E-state index in [0.717, 1.165) is 12.8 Å². The number of hydrogen-bond acceptors (Lipinski definition) is 4. The Hall–Kier alpha value is -0.870. The van der Waals surface area contributed by atoms with Gasteiger partial charge < -0.3 is 0 Å². The molecule has 0 bridgehead atoms. The van der Waals surface area contributed by atoms with Crippen LogP contribution in [0.3, 0.4) is 0 Å². The Morgan fingerprint density at radius 2 is 1.76 bits per heavy atom. The summed E-state index contributed by atoms with van der Waals surface area (Å²) in [5.74, 6) is 0.197. The highest BCUT2D eigenvalue weighted by Gasteiger charge is 2.42. The van der Waals surface area contributed by atoms with Gasteiger partial charge in [0.2, 0.25) is 0 Å². The SMILES string of the molecule is C=C(C)C(=O)OOCCCC1CC(C)(C)N(C)C(C)(C)C1. The molecule has 0 aromatic heterocycles. The normalized spacial score (nSPS) is 22.0. The molecule has 0 spiro atoms. The molecule has 0 aromatic carbocycles. The van der Waals surface area contributed by atoms with E-state index in [2.05, 4.69) is 51.1 Å². The smallest absolute Gasteiger partial charge is 0.296 e. The molecule has 1 heterocycles. The van der Waals surface area contributed by atoms with Crippen molar-refractivity contribution in [2.75, 3.05) is 13.7 Å². The highest BCUT2D eigenvalue weighted by molar-refractivity contribution is 5.86. The van der Waals surface area contributed by atoms with Gasteiger partial charge in [0.25, 0.3) is 0 Å². The van der Waals surface area contributed by atoms with E-state index in [1.807, 2.05) is 0 Å². The fourth-order valence-corrected chi connectivity index (χ4v) is 3.38. The van der Waals surface area contributed by atoms with Crippen molar-refractivity contribution in [1.82, 2.24) is 4.90 Å². The molecule has 0 amide bonds. The average Bonchev–Trinajstić information content (AvgIpc) is 2.34. The third kappa shape index (κ3) is 5.11. The van der Waals surface area contributed by atoms with Crippen molar-refractivity contribution in [1.29, 1.82) is 0 Å². The Kier molecular flexibility index (Phi) is 6.00. The molecule has 0 radical (unpaired) electrons. The number of piperidine rings is 1. The standard InChI is InChI=1S/C17H31NO3/c1-13(2)15(19)21-20-10-8-9-14-11-16(3,4)18(7)17(5,6)12-14/h14H,1,8-12H2,2-7H3. The molecule has 1 fully saturated rings. The van der Waals surface area contributed by atoms with Gasteiger partial charge in [0, 0.05) is 16.7 Å². The largest absolute Gasteiger partial charge is 0.368 e. The maximum absolute atomic E-state index is 11.2. The summed E-state index contributed by atoms with van der Waals surface area (Å²) in [7, 11) is 2.22. The van der Waals surface area contributed by atoms with Crippen molar-refractivity contribution in [3.8, 4) is 0 Å². The average molecular weight is 297 g/mol. The Bertz CT molecular complexity index is 369. The van der Waals surface area contributed by atoms with Crippen LogP contribution in [0.4, 0.5) is 0 Å². The van der Waals surface area contributed by atoms with Gasteiger partial charge in [0.05, 0.1) is 6.61 Å². The van der Waals surface area contributed by atoms with Crippen molar-refractivity contribution in [2.45, 2.75) is 71.4 Å². The first-order chi connectivity index (χ1) is 9.56. The summed E-state index contributed by atoms with van der Waals surface area (Å²) in [5.41, 5.74) is 0.799. The molecular formula is C17H31NO3. The summed E-state index contributed by atoms with van der Waals surface area (Å²) in [4.78, 5) is 23.2. The highest BCUT2D eigenvalue weighted by Crippen LogP contribution is 2.41. The van der Waals surface area contributed by atoms with E-state index in [9.17, 15) is 4.79 Å². The molecule has 1 saturated heterocycles. The third-order valence-corrected chi connectivity index (χ3v) is 4.72. The van der Waals surface area contributed by atoms with Gasteiger partial charge in [-0.05, 0) is 73.3 Å². The van der Waals surface area contributed by atoms with Crippen LogP contribution in [0.1, 0.15) is 60.3 Å². The fourth-order valence-electron chi connectivity index (χ4n) is 3.38. The molecule has 0 aromatic rings. The lowest BCUT2D eigenvalue weighted by atomic mass is 9.72. The minimum Gasteiger partial charge on any atom is -0.296 e. The molecule has 4 heteroatoms. The maximum Gasteiger partial charge on any atom is 0.368 e. The van der Waals surface area contributed by atoms with Crippen molar-refractivity contribution < 1.29 is 14.6 Å². The molecular weight excluding hydrogens is 266 g/mol. The van der Waals surface area contributed by atoms with Gasteiger partial charge in [-0.3, -0.25) is 9.79 Å². The van der Waals surface area contributed by atoms with Crippen LogP contribution in [0.2, 0.25) is 0 Å². The third-order valence-electron chi connectivity index (χ3n) is 4.72. The molecule has 0 atom stereocenters. The van der Waals surface area contributed by atoms with Crippen LogP contribution < -0.4 is 0 Å². The van der Waals surface area contributed by atoms with Gasteiger partial charge in [-0.15, -0.1) is 0 Å². The summed E-state index contributed by atoms with van der Waals surface area (Å²) in [6.07, 6.45) is 4.40. The van der Waals surface area contributed by atoms with Crippen LogP contribution in [-0.2, 0) is 14.6 Å². The van der Waals surface area contributed by atoms with Crippen molar-refractivity contribution >= 4 is 5.97 Å². The predicted octanol–water partition coefficient (Wildman–Crippen LogP) is 3.72. The van der Waals surface area contributed by atoms with Crippen LogP contribution in [-0.4, -0.2) is 35.6 Å². The van der Waals surface area contributed by atoms with Crippen molar-refractivity contribution in [2.24, 2.45) is 5.92 Å². The zero-order valence-electron chi connectivity index (χ0n) is 14.5. The molecule has 1 aliphatic heterocycles. The minimum absolute atomic E-state index is 0.222. The minimum atomic E-state index is -0.489. The van der Waals surface area contributed by atoms with E-state index in [0.29, 0.717) is 18.1 Å².